The quantitative estimate of drug-likeness (QED) is 0.810. The molecule has 2 amide bonds. The van der Waals surface area contributed by atoms with Crippen molar-refractivity contribution in [2.24, 2.45) is 0 Å². The average molecular weight is 360 g/mol. The minimum Gasteiger partial charge on any atom is -0.332 e. The number of H-pyrrole nitrogens is 1. The van der Waals surface area contributed by atoms with Crippen molar-refractivity contribution in [1.82, 2.24) is 14.9 Å². The van der Waals surface area contributed by atoms with E-state index in [9.17, 15) is 27.6 Å². The maximum absolute atomic E-state index is 12.6. The summed E-state index contributed by atoms with van der Waals surface area (Å²) < 4.78 is 37.9. The Morgan fingerprint density at radius 3 is 2.71 bits per heavy atom. The number of aromatic amines is 1. The summed E-state index contributed by atoms with van der Waals surface area (Å²) in [6, 6.07) is 0.463. The first-order valence-electron chi connectivity index (χ1n) is 6.42. The fourth-order valence-electron chi connectivity index (χ4n) is 1.72. The molecule has 11 heteroatoms. The van der Waals surface area contributed by atoms with Crippen molar-refractivity contribution in [2.75, 3.05) is 12.4 Å². The summed E-state index contributed by atoms with van der Waals surface area (Å²) in [5, 5.41) is 3.57. The SMILES string of the molecule is CN(Cc1cscn1)C(=O)C(=O)Nc1cc(C(F)(F)F)c[nH]c1=O. The lowest BCUT2D eigenvalue weighted by molar-refractivity contribution is -0.142. The molecule has 0 saturated carbocycles. The van der Waals surface area contributed by atoms with Gasteiger partial charge in [0.25, 0.3) is 5.56 Å². The lowest BCUT2D eigenvalue weighted by Gasteiger charge is -2.15. The molecule has 2 N–H and O–H groups in total. The van der Waals surface area contributed by atoms with Crippen LogP contribution in [0.5, 0.6) is 0 Å². The first kappa shape index (κ1) is 17.7. The second kappa shape index (κ2) is 6.83. The highest BCUT2D eigenvalue weighted by molar-refractivity contribution is 7.07. The highest BCUT2D eigenvalue weighted by Gasteiger charge is 2.32. The summed E-state index contributed by atoms with van der Waals surface area (Å²) in [6.07, 6.45) is -4.22. The van der Waals surface area contributed by atoms with E-state index < -0.39 is 34.8 Å². The second-order valence-corrected chi connectivity index (χ2v) is 5.44. The minimum absolute atomic E-state index is 0.0503. The van der Waals surface area contributed by atoms with Crippen LogP contribution in [0.1, 0.15) is 11.3 Å². The summed E-state index contributed by atoms with van der Waals surface area (Å²) >= 11 is 1.31. The van der Waals surface area contributed by atoms with Gasteiger partial charge in [-0.05, 0) is 6.07 Å². The fourth-order valence-corrected chi connectivity index (χ4v) is 2.27. The number of likely N-dealkylation sites (N-methyl/N-ethyl adjacent to an activating group) is 1. The Hall–Kier alpha value is -2.69. The number of carbonyl (C=O) groups is 2. The molecule has 0 saturated heterocycles. The van der Waals surface area contributed by atoms with Crippen molar-refractivity contribution in [3.63, 3.8) is 0 Å². The van der Waals surface area contributed by atoms with Gasteiger partial charge in [-0.1, -0.05) is 0 Å². The molecule has 128 valence electrons. The zero-order valence-corrected chi connectivity index (χ0v) is 13.0. The molecule has 0 atom stereocenters. The lowest BCUT2D eigenvalue weighted by atomic mass is 10.2. The third-order valence-corrected chi connectivity index (χ3v) is 3.54. The predicted octanol–water partition coefficient (Wildman–Crippen LogP) is 1.45. The predicted molar refractivity (Wildman–Crippen MR) is 79.3 cm³/mol. The minimum atomic E-state index is -4.70. The van der Waals surface area contributed by atoms with E-state index in [1.54, 1.807) is 10.9 Å². The van der Waals surface area contributed by atoms with E-state index in [0.29, 0.717) is 18.0 Å². The Kier molecular flexibility index (Phi) is 5.02. The monoisotopic (exact) mass is 360 g/mol. The number of thiazole rings is 1. The third-order valence-electron chi connectivity index (χ3n) is 2.90. The van der Waals surface area contributed by atoms with Crippen molar-refractivity contribution >= 4 is 28.8 Å². The number of halogens is 3. The third kappa shape index (κ3) is 4.19. The van der Waals surface area contributed by atoms with Crippen molar-refractivity contribution in [3.8, 4) is 0 Å². The van der Waals surface area contributed by atoms with Crippen LogP contribution in [-0.4, -0.2) is 33.7 Å². The summed E-state index contributed by atoms with van der Waals surface area (Å²) in [6.45, 7) is 0.0503. The number of carbonyl (C=O) groups excluding carboxylic acids is 2. The van der Waals surface area contributed by atoms with E-state index >= 15 is 0 Å². The molecule has 0 aliphatic heterocycles. The van der Waals surface area contributed by atoms with Gasteiger partial charge in [0.1, 0.15) is 5.69 Å². The zero-order chi connectivity index (χ0) is 17.9. The van der Waals surface area contributed by atoms with Gasteiger partial charge in [-0.2, -0.15) is 13.2 Å². The number of amides is 2. The molecule has 2 aromatic heterocycles. The topological polar surface area (TPSA) is 95.2 Å². The molecule has 0 aromatic carbocycles. The largest absolute Gasteiger partial charge is 0.417 e. The number of rotatable bonds is 3. The van der Waals surface area contributed by atoms with Crippen LogP contribution in [0.15, 0.2) is 27.9 Å². The summed E-state index contributed by atoms with van der Waals surface area (Å²) in [7, 11) is 1.33. The molecule has 7 nitrogen and oxygen atoms in total. The molecule has 0 aliphatic rings. The molecule has 24 heavy (non-hydrogen) atoms. The summed E-state index contributed by atoms with van der Waals surface area (Å²) in [5.41, 5.74) is -0.659. The van der Waals surface area contributed by atoms with Gasteiger partial charge in [0.15, 0.2) is 0 Å². The Labute approximate surface area is 137 Å². The van der Waals surface area contributed by atoms with E-state index in [1.807, 2.05) is 10.3 Å². The van der Waals surface area contributed by atoms with Crippen molar-refractivity contribution in [3.05, 3.63) is 44.8 Å². The zero-order valence-electron chi connectivity index (χ0n) is 12.2. The van der Waals surface area contributed by atoms with Crippen molar-refractivity contribution < 1.29 is 22.8 Å². The molecular formula is C13H11F3N4O3S. The number of hydrogen-bond acceptors (Lipinski definition) is 5. The smallest absolute Gasteiger partial charge is 0.332 e. The van der Waals surface area contributed by atoms with Crippen LogP contribution >= 0.6 is 11.3 Å². The summed E-state index contributed by atoms with van der Waals surface area (Å²) in [5.74, 6) is -2.24. The standard InChI is InChI=1S/C13H11F3N4O3S/c1-20(4-8-5-24-6-18-8)12(23)11(22)19-9-2-7(13(14,15)16)3-17-10(9)21/h2-3,5-6H,4H2,1H3,(H,17,21)(H,19,22). The molecule has 0 unspecified atom stereocenters. The number of anilines is 1. The van der Waals surface area contributed by atoms with Gasteiger partial charge in [0.05, 0.1) is 23.3 Å². The molecule has 0 radical (unpaired) electrons. The Morgan fingerprint density at radius 2 is 2.12 bits per heavy atom. The number of nitrogens with one attached hydrogen (secondary N) is 2. The van der Waals surface area contributed by atoms with Crippen LogP contribution in [0, 0.1) is 0 Å². The molecule has 0 bridgehead atoms. The number of nitrogens with zero attached hydrogens (tertiary/aromatic N) is 2. The molecule has 0 spiro atoms. The average Bonchev–Trinajstić information content (AvgIpc) is 3.00. The van der Waals surface area contributed by atoms with E-state index in [0.717, 1.165) is 4.90 Å². The number of pyridine rings is 1. The Morgan fingerprint density at radius 1 is 1.42 bits per heavy atom. The highest BCUT2D eigenvalue weighted by atomic mass is 32.1. The molecule has 2 rings (SSSR count). The van der Waals surface area contributed by atoms with Gasteiger partial charge < -0.3 is 15.2 Å². The number of hydrogen-bond donors (Lipinski definition) is 2. The van der Waals surface area contributed by atoms with E-state index in [-0.39, 0.29) is 6.54 Å². The van der Waals surface area contributed by atoms with E-state index in [1.165, 1.54) is 18.4 Å². The van der Waals surface area contributed by atoms with Gasteiger partial charge in [0.2, 0.25) is 0 Å². The Balaban J connectivity index is 2.11. The first-order chi connectivity index (χ1) is 11.2. The Bertz CT molecular complexity index is 802. The molecule has 2 heterocycles. The fraction of sp³-hybridized carbons (Fsp3) is 0.231. The van der Waals surface area contributed by atoms with Gasteiger partial charge in [-0.3, -0.25) is 14.4 Å². The lowest BCUT2D eigenvalue weighted by Crippen LogP contribution is -2.37. The second-order valence-electron chi connectivity index (χ2n) is 4.72. The van der Waals surface area contributed by atoms with Crippen LogP contribution in [-0.2, 0) is 22.3 Å². The van der Waals surface area contributed by atoms with Crippen LogP contribution < -0.4 is 10.9 Å². The summed E-state index contributed by atoms with van der Waals surface area (Å²) in [4.78, 5) is 42.1. The first-order valence-corrected chi connectivity index (χ1v) is 7.36. The van der Waals surface area contributed by atoms with Crippen LogP contribution in [0.2, 0.25) is 0 Å². The normalized spacial score (nSPS) is 11.2. The maximum atomic E-state index is 12.6. The van der Waals surface area contributed by atoms with Crippen LogP contribution in [0.4, 0.5) is 18.9 Å². The number of alkyl halides is 3. The van der Waals surface area contributed by atoms with Gasteiger partial charge in [0, 0.05) is 18.6 Å². The number of aromatic nitrogens is 2. The van der Waals surface area contributed by atoms with E-state index in [4.69, 9.17) is 0 Å². The van der Waals surface area contributed by atoms with E-state index in [2.05, 4.69) is 4.98 Å². The van der Waals surface area contributed by atoms with Crippen molar-refractivity contribution in [2.45, 2.75) is 12.7 Å². The van der Waals surface area contributed by atoms with Crippen molar-refractivity contribution in [1.29, 1.82) is 0 Å². The van der Waals surface area contributed by atoms with Crippen LogP contribution in [0.25, 0.3) is 0 Å². The highest BCUT2D eigenvalue weighted by Crippen LogP contribution is 2.29. The maximum Gasteiger partial charge on any atom is 0.417 e. The molecular weight excluding hydrogens is 349 g/mol. The van der Waals surface area contributed by atoms with Crippen LogP contribution in [0.3, 0.4) is 0 Å². The van der Waals surface area contributed by atoms with Gasteiger partial charge in [-0.15, -0.1) is 11.3 Å². The van der Waals surface area contributed by atoms with Gasteiger partial charge in [-0.25, -0.2) is 4.98 Å². The molecule has 0 fully saturated rings. The molecule has 2 aromatic rings. The van der Waals surface area contributed by atoms with Gasteiger partial charge >= 0.3 is 18.0 Å². The molecule has 0 aliphatic carbocycles.